The third-order valence-electron chi connectivity index (χ3n) is 2.02. The van der Waals surface area contributed by atoms with E-state index in [2.05, 4.69) is 29.3 Å². The largest absolute Gasteiger partial charge is 0.340 e. The van der Waals surface area contributed by atoms with Gasteiger partial charge in [-0.05, 0) is 12.3 Å². The molecule has 1 aromatic heterocycles. The predicted molar refractivity (Wildman–Crippen MR) is 52.8 cm³/mol. The topological polar surface area (TPSA) is 61.9 Å². The molecule has 1 aromatic rings. The van der Waals surface area contributed by atoms with Crippen LogP contribution >= 0.6 is 0 Å². The fourth-order valence-corrected chi connectivity index (χ4v) is 1.05. The van der Waals surface area contributed by atoms with E-state index in [-0.39, 0.29) is 5.91 Å². The van der Waals surface area contributed by atoms with Gasteiger partial charge in [0.15, 0.2) is 5.69 Å². The smallest absolute Gasteiger partial charge is 0.275 e. The van der Waals surface area contributed by atoms with Crippen LogP contribution in [-0.2, 0) is 0 Å². The van der Waals surface area contributed by atoms with Gasteiger partial charge < -0.3 is 4.90 Å². The summed E-state index contributed by atoms with van der Waals surface area (Å²) in [5.41, 5.74) is 0.372. The molecule has 5 nitrogen and oxygen atoms in total. The first-order chi connectivity index (χ1) is 6.61. The number of nitrogens with one attached hydrogen (secondary N) is 1. The summed E-state index contributed by atoms with van der Waals surface area (Å²) in [6.45, 7) is 5.02. The van der Waals surface area contributed by atoms with Gasteiger partial charge in [-0.2, -0.15) is 15.4 Å². The van der Waals surface area contributed by atoms with E-state index in [4.69, 9.17) is 0 Å². The molecule has 0 saturated carbocycles. The third-order valence-corrected chi connectivity index (χ3v) is 2.02. The van der Waals surface area contributed by atoms with Gasteiger partial charge in [0.25, 0.3) is 5.91 Å². The molecular weight excluding hydrogens is 180 g/mol. The lowest BCUT2D eigenvalue weighted by molar-refractivity contribution is 0.0783. The van der Waals surface area contributed by atoms with Crippen LogP contribution in [0.2, 0.25) is 0 Å². The Balaban J connectivity index is 2.45. The van der Waals surface area contributed by atoms with Crippen molar-refractivity contribution in [2.45, 2.75) is 20.3 Å². The van der Waals surface area contributed by atoms with Gasteiger partial charge in [-0.15, -0.1) is 0 Å². The van der Waals surface area contributed by atoms with Crippen molar-refractivity contribution < 1.29 is 4.79 Å². The second kappa shape index (κ2) is 4.74. The SMILES string of the molecule is CC(C)CCN(C)C(=O)c1cn[nH]n1. The molecule has 0 radical (unpaired) electrons. The molecule has 0 aliphatic rings. The fourth-order valence-electron chi connectivity index (χ4n) is 1.05. The number of carbonyl (C=O) groups is 1. The van der Waals surface area contributed by atoms with Crippen LogP contribution in [-0.4, -0.2) is 39.8 Å². The minimum absolute atomic E-state index is 0.0839. The molecule has 5 heteroatoms. The number of hydrogen-bond acceptors (Lipinski definition) is 3. The first-order valence-corrected chi connectivity index (χ1v) is 4.72. The average molecular weight is 196 g/mol. The van der Waals surface area contributed by atoms with Gasteiger partial charge >= 0.3 is 0 Å². The van der Waals surface area contributed by atoms with Gasteiger partial charge in [0.05, 0.1) is 6.20 Å². The maximum atomic E-state index is 11.6. The van der Waals surface area contributed by atoms with Gasteiger partial charge in [-0.1, -0.05) is 13.8 Å². The molecule has 78 valence electrons. The van der Waals surface area contributed by atoms with Crippen LogP contribution in [0.4, 0.5) is 0 Å². The zero-order chi connectivity index (χ0) is 10.6. The Kier molecular flexibility index (Phi) is 3.62. The molecule has 1 amide bonds. The second-order valence-corrected chi connectivity index (χ2v) is 3.76. The molecule has 1 rings (SSSR count). The second-order valence-electron chi connectivity index (χ2n) is 3.76. The Morgan fingerprint density at radius 1 is 1.64 bits per heavy atom. The normalized spacial score (nSPS) is 10.6. The lowest BCUT2D eigenvalue weighted by Crippen LogP contribution is -2.28. The number of H-pyrrole nitrogens is 1. The Morgan fingerprint density at radius 3 is 2.86 bits per heavy atom. The number of nitrogens with zero attached hydrogens (tertiary/aromatic N) is 3. The highest BCUT2D eigenvalue weighted by molar-refractivity contribution is 5.91. The zero-order valence-corrected chi connectivity index (χ0v) is 8.82. The van der Waals surface area contributed by atoms with E-state index in [1.807, 2.05) is 0 Å². The van der Waals surface area contributed by atoms with Gasteiger partial charge in [0.1, 0.15) is 0 Å². The van der Waals surface area contributed by atoms with Crippen molar-refractivity contribution in [2.24, 2.45) is 5.92 Å². The predicted octanol–water partition coefficient (Wildman–Crippen LogP) is 0.923. The number of rotatable bonds is 4. The molecule has 0 aliphatic carbocycles. The van der Waals surface area contributed by atoms with Crippen molar-refractivity contribution in [3.8, 4) is 0 Å². The molecular formula is C9H16N4O. The summed E-state index contributed by atoms with van der Waals surface area (Å²) in [6.07, 6.45) is 2.44. The zero-order valence-electron chi connectivity index (χ0n) is 8.82. The van der Waals surface area contributed by atoms with Crippen molar-refractivity contribution in [3.05, 3.63) is 11.9 Å². The molecule has 0 saturated heterocycles. The van der Waals surface area contributed by atoms with Crippen LogP contribution < -0.4 is 0 Å². The molecule has 0 aromatic carbocycles. The molecule has 0 aliphatic heterocycles. The fraction of sp³-hybridized carbons (Fsp3) is 0.667. The summed E-state index contributed by atoms with van der Waals surface area (Å²) in [7, 11) is 1.78. The summed E-state index contributed by atoms with van der Waals surface area (Å²) in [5, 5.41) is 9.76. The van der Waals surface area contributed by atoms with Crippen molar-refractivity contribution in [3.63, 3.8) is 0 Å². The number of hydrogen-bond donors (Lipinski definition) is 1. The number of aromatic amines is 1. The van der Waals surface area contributed by atoms with E-state index < -0.39 is 0 Å². The molecule has 0 fully saturated rings. The monoisotopic (exact) mass is 196 g/mol. The Hall–Kier alpha value is -1.39. The van der Waals surface area contributed by atoms with E-state index in [1.165, 1.54) is 6.20 Å². The van der Waals surface area contributed by atoms with Crippen LogP contribution in [0.15, 0.2) is 6.20 Å². The Bertz CT molecular complexity index is 281. The van der Waals surface area contributed by atoms with E-state index in [0.29, 0.717) is 11.6 Å². The van der Waals surface area contributed by atoms with Gasteiger partial charge in [-0.25, -0.2) is 0 Å². The van der Waals surface area contributed by atoms with Crippen molar-refractivity contribution in [2.75, 3.05) is 13.6 Å². The molecule has 0 bridgehead atoms. The van der Waals surface area contributed by atoms with E-state index in [0.717, 1.165) is 13.0 Å². The Labute approximate surface area is 83.5 Å². The third kappa shape index (κ3) is 2.83. The van der Waals surface area contributed by atoms with Crippen molar-refractivity contribution >= 4 is 5.91 Å². The molecule has 0 spiro atoms. The van der Waals surface area contributed by atoms with E-state index in [1.54, 1.807) is 11.9 Å². The quantitative estimate of drug-likeness (QED) is 0.779. The van der Waals surface area contributed by atoms with Crippen LogP contribution in [0.3, 0.4) is 0 Å². The number of amides is 1. The van der Waals surface area contributed by atoms with Crippen LogP contribution in [0.25, 0.3) is 0 Å². The lowest BCUT2D eigenvalue weighted by atomic mass is 10.1. The minimum Gasteiger partial charge on any atom is -0.340 e. The van der Waals surface area contributed by atoms with Gasteiger partial charge in [-0.3, -0.25) is 4.79 Å². The van der Waals surface area contributed by atoms with Crippen LogP contribution in [0.1, 0.15) is 30.8 Å². The lowest BCUT2D eigenvalue weighted by Gasteiger charge is -2.16. The van der Waals surface area contributed by atoms with E-state index >= 15 is 0 Å². The standard InChI is InChI=1S/C9H16N4O/c1-7(2)4-5-13(3)9(14)8-6-10-12-11-8/h6-7H,4-5H2,1-3H3,(H,10,11,12). The maximum Gasteiger partial charge on any atom is 0.275 e. The minimum atomic E-state index is -0.0839. The van der Waals surface area contributed by atoms with Crippen molar-refractivity contribution in [1.82, 2.24) is 20.3 Å². The molecule has 1 heterocycles. The highest BCUT2D eigenvalue weighted by atomic mass is 16.2. The highest BCUT2D eigenvalue weighted by Crippen LogP contribution is 2.03. The number of aromatic nitrogens is 3. The van der Waals surface area contributed by atoms with E-state index in [9.17, 15) is 4.79 Å². The highest BCUT2D eigenvalue weighted by Gasteiger charge is 2.13. The van der Waals surface area contributed by atoms with Gasteiger partial charge in [0, 0.05) is 13.6 Å². The maximum absolute atomic E-state index is 11.6. The average Bonchev–Trinajstić information content (AvgIpc) is 2.65. The summed E-state index contributed by atoms with van der Waals surface area (Å²) in [4.78, 5) is 13.3. The molecule has 14 heavy (non-hydrogen) atoms. The summed E-state index contributed by atoms with van der Waals surface area (Å²) < 4.78 is 0. The summed E-state index contributed by atoms with van der Waals surface area (Å²) in [5.74, 6) is 0.516. The molecule has 0 unspecified atom stereocenters. The molecule has 1 N–H and O–H groups in total. The summed E-state index contributed by atoms with van der Waals surface area (Å²) in [6, 6.07) is 0. The first-order valence-electron chi connectivity index (χ1n) is 4.72. The summed E-state index contributed by atoms with van der Waals surface area (Å²) >= 11 is 0. The first kappa shape index (κ1) is 10.7. The Morgan fingerprint density at radius 2 is 2.36 bits per heavy atom. The molecule has 0 atom stereocenters. The van der Waals surface area contributed by atoms with Crippen molar-refractivity contribution in [1.29, 1.82) is 0 Å². The van der Waals surface area contributed by atoms with Gasteiger partial charge in [0.2, 0.25) is 0 Å². The van der Waals surface area contributed by atoms with Crippen LogP contribution in [0, 0.1) is 5.92 Å². The van der Waals surface area contributed by atoms with Crippen LogP contribution in [0.5, 0.6) is 0 Å². The number of carbonyl (C=O) groups excluding carboxylic acids is 1.